The van der Waals surface area contributed by atoms with E-state index in [1.54, 1.807) is 0 Å². The summed E-state index contributed by atoms with van der Waals surface area (Å²) in [5.74, 6) is 0.462. The van der Waals surface area contributed by atoms with E-state index >= 15 is 0 Å². The topological polar surface area (TPSA) is 55.1 Å². The van der Waals surface area contributed by atoms with E-state index in [9.17, 15) is 4.79 Å². The molecule has 106 valence electrons. The lowest BCUT2D eigenvalue weighted by molar-refractivity contribution is 0.0908. The Balaban J connectivity index is 0.00000180. The van der Waals surface area contributed by atoms with Gasteiger partial charge in [0.2, 0.25) is 0 Å². The van der Waals surface area contributed by atoms with Crippen molar-refractivity contribution in [2.45, 2.75) is 31.7 Å². The fourth-order valence-corrected chi connectivity index (χ4v) is 3.10. The van der Waals surface area contributed by atoms with Gasteiger partial charge in [0.25, 0.3) is 5.91 Å². The lowest BCUT2D eigenvalue weighted by atomic mass is 9.84. The number of benzene rings is 1. The molecule has 1 fully saturated rings. The highest BCUT2D eigenvalue weighted by atomic mass is 127. The molecule has 1 aliphatic carbocycles. The molecule has 19 heavy (non-hydrogen) atoms. The van der Waals surface area contributed by atoms with E-state index < -0.39 is 0 Å². The highest BCUT2D eigenvalue weighted by Gasteiger charge is 2.25. The first-order valence-electron chi connectivity index (χ1n) is 6.47. The van der Waals surface area contributed by atoms with Gasteiger partial charge in [0.15, 0.2) is 0 Å². The summed E-state index contributed by atoms with van der Waals surface area (Å²) in [5.41, 5.74) is 6.52. The predicted octanol–water partition coefficient (Wildman–Crippen LogP) is 2.96. The van der Waals surface area contributed by atoms with Crippen molar-refractivity contribution in [2.24, 2.45) is 11.7 Å². The molecule has 0 heterocycles. The highest BCUT2D eigenvalue weighted by molar-refractivity contribution is 14.1. The van der Waals surface area contributed by atoms with Crippen molar-refractivity contribution in [3.63, 3.8) is 0 Å². The third kappa shape index (κ3) is 4.61. The summed E-state index contributed by atoms with van der Waals surface area (Å²) in [6.07, 6.45) is 4.61. The first-order valence-corrected chi connectivity index (χ1v) is 7.55. The van der Waals surface area contributed by atoms with Gasteiger partial charge in [-0.15, -0.1) is 12.4 Å². The van der Waals surface area contributed by atoms with Crippen molar-refractivity contribution in [1.82, 2.24) is 5.32 Å². The fraction of sp³-hybridized carbons (Fsp3) is 0.500. The van der Waals surface area contributed by atoms with Gasteiger partial charge in [-0.05, 0) is 66.1 Å². The molecule has 0 aliphatic heterocycles. The van der Waals surface area contributed by atoms with Crippen molar-refractivity contribution in [3.8, 4) is 0 Å². The number of nitrogens with one attached hydrogen (secondary N) is 1. The Bertz CT molecular complexity index is 428. The molecule has 0 spiro atoms. The average Bonchev–Trinajstić information content (AvgIpc) is 2.39. The van der Waals surface area contributed by atoms with Gasteiger partial charge in [-0.3, -0.25) is 4.79 Å². The van der Waals surface area contributed by atoms with Crippen molar-refractivity contribution in [1.29, 1.82) is 0 Å². The minimum absolute atomic E-state index is 0. The molecule has 2 rings (SSSR count). The van der Waals surface area contributed by atoms with Crippen molar-refractivity contribution in [2.75, 3.05) is 6.54 Å². The first kappa shape index (κ1) is 16.7. The highest BCUT2D eigenvalue weighted by Crippen LogP contribution is 2.23. The molecule has 0 radical (unpaired) electrons. The number of carbonyl (C=O) groups is 1. The lowest BCUT2D eigenvalue weighted by Gasteiger charge is -2.31. The molecule has 3 nitrogen and oxygen atoms in total. The van der Waals surface area contributed by atoms with Crippen LogP contribution in [0, 0.1) is 9.49 Å². The van der Waals surface area contributed by atoms with Crippen LogP contribution in [0.4, 0.5) is 0 Å². The molecule has 1 aromatic carbocycles. The summed E-state index contributed by atoms with van der Waals surface area (Å²) >= 11 is 2.22. The molecule has 0 aromatic heterocycles. The van der Waals surface area contributed by atoms with Gasteiger partial charge in [0.1, 0.15) is 0 Å². The van der Waals surface area contributed by atoms with Crippen molar-refractivity contribution >= 4 is 40.9 Å². The Morgan fingerprint density at radius 2 is 2.11 bits per heavy atom. The third-order valence-corrected chi connectivity index (χ3v) is 4.29. The van der Waals surface area contributed by atoms with Crippen molar-refractivity contribution < 1.29 is 4.79 Å². The third-order valence-electron chi connectivity index (χ3n) is 3.62. The van der Waals surface area contributed by atoms with Gasteiger partial charge in [0, 0.05) is 15.2 Å². The second kappa shape index (κ2) is 8.07. The second-order valence-electron chi connectivity index (χ2n) is 4.87. The smallest absolute Gasteiger partial charge is 0.251 e. The zero-order chi connectivity index (χ0) is 13.0. The van der Waals surface area contributed by atoms with E-state index in [0.29, 0.717) is 12.5 Å². The minimum Gasteiger partial charge on any atom is -0.349 e. The Morgan fingerprint density at radius 1 is 1.37 bits per heavy atom. The van der Waals surface area contributed by atoms with Crippen LogP contribution in [0.3, 0.4) is 0 Å². The molecule has 1 saturated carbocycles. The van der Waals surface area contributed by atoms with Gasteiger partial charge in [-0.25, -0.2) is 0 Å². The van der Waals surface area contributed by atoms with Crippen LogP contribution < -0.4 is 11.1 Å². The largest absolute Gasteiger partial charge is 0.349 e. The Hall–Kier alpha value is -0.330. The normalized spacial score (nSPS) is 22.4. The van der Waals surface area contributed by atoms with E-state index in [-0.39, 0.29) is 24.4 Å². The molecule has 2 atom stereocenters. The van der Waals surface area contributed by atoms with E-state index in [0.717, 1.165) is 22.0 Å². The lowest BCUT2D eigenvalue weighted by Crippen LogP contribution is -2.44. The number of nitrogens with two attached hydrogens (primary N) is 1. The summed E-state index contributed by atoms with van der Waals surface area (Å²) in [6.45, 7) is 0.664. The molecule has 5 heteroatoms. The molecule has 1 aliphatic rings. The zero-order valence-electron chi connectivity index (χ0n) is 10.8. The van der Waals surface area contributed by atoms with Crippen LogP contribution in [-0.2, 0) is 0 Å². The number of carbonyl (C=O) groups excluding carboxylic acids is 1. The number of amides is 1. The van der Waals surface area contributed by atoms with Crippen LogP contribution in [0.1, 0.15) is 36.0 Å². The molecule has 3 N–H and O–H groups in total. The van der Waals surface area contributed by atoms with E-state index in [1.165, 1.54) is 12.8 Å². The van der Waals surface area contributed by atoms with Crippen LogP contribution >= 0.6 is 35.0 Å². The molecule has 0 saturated heterocycles. The summed E-state index contributed by atoms with van der Waals surface area (Å²) < 4.78 is 1.08. The van der Waals surface area contributed by atoms with E-state index in [4.69, 9.17) is 5.73 Å². The molecular weight excluding hydrogens is 375 g/mol. The van der Waals surface area contributed by atoms with Crippen LogP contribution in [0.2, 0.25) is 0 Å². The van der Waals surface area contributed by atoms with Gasteiger partial charge in [0.05, 0.1) is 0 Å². The van der Waals surface area contributed by atoms with Crippen LogP contribution in [-0.4, -0.2) is 18.5 Å². The van der Waals surface area contributed by atoms with E-state index in [2.05, 4.69) is 27.9 Å². The molecule has 1 aromatic rings. The van der Waals surface area contributed by atoms with Gasteiger partial charge in [-0.1, -0.05) is 18.9 Å². The zero-order valence-corrected chi connectivity index (χ0v) is 13.7. The maximum Gasteiger partial charge on any atom is 0.251 e. The van der Waals surface area contributed by atoms with Gasteiger partial charge >= 0.3 is 0 Å². The first-order chi connectivity index (χ1) is 8.70. The molecule has 2 unspecified atom stereocenters. The van der Waals surface area contributed by atoms with Crippen molar-refractivity contribution in [3.05, 3.63) is 33.4 Å². The SMILES string of the molecule is Cl.NCC1CCCCC1NC(=O)c1cccc(I)c1. The summed E-state index contributed by atoms with van der Waals surface area (Å²) in [4.78, 5) is 12.2. The quantitative estimate of drug-likeness (QED) is 0.775. The molecule has 0 bridgehead atoms. The van der Waals surface area contributed by atoms with E-state index in [1.807, 2.05) is 24.3 Å². The Kier molecular flexibility index (Phi) is 7.10. The number of hydrogen-bond donors (Lipinski definition) is 2. The standard InChI is InChI=1S/C14H19IN2O.ClH/c15-12-6-3-5-10(8-12)14(18)17-13-7-2-1-4-11(13)9-16;/h3,5-6,8,11,13H,1-2,4,7,9,16H2,(H,17,18);1H. The van der Waals surface area contributed by atoms with Gasteiger partial charge in [-0.2, -0.15) is 0 Å². The summed E-state index contributed by atoms with van der Waals surface area (Å²) in [6, 6.07) is 7.92. The van der Waals surface area contributed by atoms with Crippen LogP contribution in [0.25, 0.3) is 0 Å². The number of hydrogen-bond acceptors (Lipinski definition) is 2. The maximum atomic E-state index is 12.2. The average molecular weight is 395 g/mol. The summed E-state index contributed by atoms with van der Waals surface area (Å²) in [7, 11) is 0. The fourth-order valence-electron chi connectivity index (χ4n) is 2.56. The number of halogens is 2. The monoisotopic (exact) mass is 394 g/mol. The second-order valence-corrected chi connectivity index (χ2v) is 6.12. The van der Waals surface area contributed by atoms with Crippen LogP contribution in [0.5, 0.6) is 0 Å². The summed E-state index contributed by atoms with van der Waals surface area (Å²) in [5, 5.41) is 3.14. The van der Waals surface area contributed by atoms with Gasteiger partial charge < -0.3 is 11.1 Å². The minimum atomic E-state index is 0. The predicted molar refractivity (Wildman–Crippen MR) is 88.7 cm³/mol. The number of rotatable bonds is 3. The Labute approximate surface area is 134 Å². The molecule has 1 amide bonds. The Morgan fingerprint density at radius 3 is 2.79 bits per heavy atom. The molecular formula is C14H20ClIN2O. The maximum absolute atomic E-state index is 12.2. The van der Waals surface area contributed by atoms with Crippen LogP contribution in [0.15, 0.2) is 24.3 Å².